The van der Waals surface area contributed by atoms with Gasteiger partial charge in [-0.15, -0.1) is 0 Å². The van der Waals surface area contributed by atoms with Gasteiger partial charge in [-0.3, -0.25) is 19.9 Å². The summed E-state index contributed by atoms with van der Waals surface area (Å²) in [5, 5.41) is 22.9. The van der Waals surface area contributed by atoms with Gasteiger partial charge in [-0.25, -0.2) is 0 Å². The number of hydrogen-bond acceptors (Lipinski definition) is 6. The van der Waals surface area contributed by atoms with Gasteiger partial charge in [0.05, 0.1) is 13.0 Å². The van der Waals surface area contributed by atoms with Crippen molar-refractivity contribution in [2.45, 2.75) is 31.0 Å². The molecule has 2 aromatic carbocycles. The molecule has 1 aliphatic heterocycles. The number of halogens is 1. The quantitative estimate of drug-likeness (QED) is 0.426. The second kappa shape index (κ2) is 9.46. The van der Waals surface area contributed by atoms with Gasteiger partial charge in [0.25, 0.3) is 0 Å². The first-order valence-electron chi connectivity index (χ1n) is 10.3. The molecule has 2 heterocycles. The number of pyridine rings is 1. The molecule has 170 valence electrons. The fourth-order valence-corrected chi connectivity index (χ4v) is 4.72. The Morgan fingerprint density at radius 1 is 1.24 bits per heavy atom. The van der Waals surface area contributed by atoms with E-state index < -0.39 is 18.0 Å². The number of phenolic OH excluding ortho intramolecular Hbond substituents is 1. The third kappa shape index (κ3) is 4.47. The lowest BCUT2D eigenvalue weighted by Gasteiger charge is -2.41. The summed E-state index contributed by atoms with van der Waals surface area (Å²) in [6.45, 7) is 0.153. The van der Waals surface area contributed by atoms with E-state index in [9.17, 15) is 20.0 Å². The molecule has 0 unspecified atom stereocenters. The molecule has 0 spiro atoms. The summed E-state index contributed by atoms with van der Waals surface area (Å²) in [5.41, 5.74) is 1.80. The number of aromatic nitrogens is 1. The first-order valence-corrected chi connectivity index (χ1v) is 10.7. The number of nitro groups is 1. The van der Waals surface area contributed by atoms with Gasteiger partial charge < -0.3 is 14.7 Å². The maximum absolute atomic E-state index is 13.4. The van der Waals surface area contributed by atoms with Gasteiger partial charge in [-0.2, -0.15) is 0 Å². The van der Waals surface area contributed by atoms with Crippen LogP contribution in [0.3, 0.4) is 0 Å². The molecular weight excluding hydrogens is 446 g/mol. The predicted octanol–water partition coefficient (Wildman–Crippen LogP) is 4.35. The summed E-state index contributed by atoms with van der Waals surface area (Å²) in [6, 6.07) is 12.9. The Balaban J connectivity index is 1.86. The monoisotopic (exact) mass is 467 g/mol. The van der Waals surface area contributed by atoms with Crippen molar-refractivity contribution < 1.29 is 19.6 Å². The zero-order chi connectivity index (χ0) is 23.5. The Morgan fingerprint density at radius 3 is 2.70 bits per heavy atom. The van der Waals surface area contributed by atoms with E-state index in [2.05, 4.69) is 4.98 Å². The molecule has 8 nitrogen and oxygen atoms in total. The van der Waals surface area contributed by atoms with Crippen molar-refractivity contribution in [2.75, 3.05) is 7.11 Å². The Labute approximate surface area is 195 Å². The van der Waals surface area contributed by atoms with Gasteiger partial charge >= 0.3 is 0 Å². The fraction of sp³-hybridized carbons (Fsp3) is 0.250. The highest BCUT2D eigenvalue weighted by atomic mass is 35.5. The topological polar surface area (TPSA) is 106 Å². The number of benzene rings is 2. The number of carbonyl (C=O) groups excluding carboxylic acids is 1. The predicted molar refractivity (Wildman–Crippen MR) is 122 cm³/mol. The maximum Gasteiger partial charge on any atom is 0.244 e. The first kappa shape index (κ1) is 22.5. The molecule has 33 heavy (non-hydrogen) atoms. The minimum absolute atomic E-state index is 0.0542. The summed E-state index contributed by atoms with van der Waals surface area (Å²) in [6.07, 6.45) is 3.20. The normalized spacial score (nSPS) is 20.5. The number of likely N-dealkylation sites (tertiary alicyclic amines) is 1. The Hall–Kier alpha value is -3.65. The zero-order valence-electron chi connectivity index (χ0n) is 17.8. The Kier molecular flexibility index (Phi) is 6.46. The van der Waals surface area contributed by atoms with Crippen molar-refractivity contribution >= 4 is 17.5 Å². The molecule has 1 fully saturated rings. The molecule has 9 heteroatoms. The van der Waals surface area contributed by atoms with Crippen molar-refractivity contribution in [3.8, 4) is 11.5 Å². The maximum atomic E-state index is 13.4. The minimum atomic E-state index is -1.17. The van der Waals surface area contributed by atoms with Crippen molar-refractivity contribution in [3.63, 3.8) is 0 Å². The molecule has 1 aromatic heterocycles. The van der Waals surface area contributed by atoms with E-state index in [4.69, 9.17) is 16.3 Å². The molecular formula is C24H22ClN3O5. The molecule has 3 atom stereocenters. The van der Waals surface area contributed by atoms with Crippen molar-refractivity contribution in [1.82, 2.24) is 9.88 Å². The smallest absolute Gasteiger partial charge is 0.244 e. The van der Waals surface area contributed by atoms with Crippen LogP contribution >= 0.6 is 11.6 Å². The van der Waals surface area contributed by atoms with Crippen LogP contribution in [-0.4, -0.2) is 39.0 Å². The second-order valence-electron chi connectivity index (χ2n) is 7.87. The van der Waals surface area contributed by atoms with Gasteiger partial charge in [0.15, 0.2) is 11.5 Å². The summed E-state index contributed by atoms with van der Waals surface area (Å²) in [4.78, 5) is 31.2. The highest BCUT2D eigenvalue weighted by Crippen LogP contribution is 2.45. The van der Waals surface area contributed by atoms with E-state index in [0.29, 0.717) is 16.1 Å². The number of ether oxygens (including phenoxy) is 1. The SMILES string of the molecule is COc1cc([C@@H]2[C@@H]([N+](=O)[O-])[C@H](c3ccccc3Cl)CC(=O)N2Cc2cccnc2)ccc1O. The standard InChI is InChI=1S/C24H22ClN3O5/c1-33-21-11-16(8-9-20(21)29)23-24(28(31)32)18(17-6-2-3-7-19(17)25)12-22(30)27(23)14-15-5-4-10-26-13-15/h2-11,13,18,23-24,29H,12,14H2,1H3/t18-,23+,24-/m0/s1. The van der Waals surface area contributed by atoms with Crippen LogP contribution in [0.2, 0.25) is 5.02 Å². The number of phenols is 1. The van der Waals surface area contributed by atoms with Crippen LogP contribution in [-0.2, 0) is 11.3 Å². The van der Waals surface area contributed by atoms with E-state index in [1.165, 1.54) is 24.1 Å². The highest BCUT2D eigenvalue weighted by Gasteiger charge is 2.51. The van der Waals surface area contributed by atoms with Crippen LogP contribution < -0.4 is 4.74 Å². The molecule has 1 N–H and O–H groups in total. The van der Waals surface area contributed by atoms with Crippen LogP contribution in [0.25, 0.3) is 0 Å². The average molecular weight is 468 g/mol. The summed E-state index contributed by atoms with van der Waals surface area (Å²) in [5.74, 6) is -0.888. The number of hydrogen-bond donors (Lipinski definition) is 1. The van der Waals surface area contributed by atoms with Crippen LogP contribution in [0.15, 0.2) is 67.0 Å². The van der Waals surface area contributed by atoms with E-state index in [-0.39, 0.29) is 35.3 Å². The van der Waals surface area contributed by atoms with Crippen LogP contribution in [0.4, 0.5) is 0 Å². The van der Waals surface area contributed by atoms with Gasteiger partial charge in [0, 0.05) is 35.3 Å². The highest BCUT2D eigenvalue weighted by molar-refractivity contribution is 6.31. The molecule has 1 saturated heterocycles. The molecule has 0 radical (unpaired) electrons. The van der Waals surface area contributed by atoms with Gasteiger partial charge in [-0.1, -0.05) is 41.9 Å². The minimum Gasteiger partial charge on any atom is -0.504 e. The lowest BCUT2D eigenvalue weighted by Crippen LogP contribution is -2.51. The number of piperidine rings is 1. The van der Waals surface area contributed by atoms with Crippen molar-refractivity contribution in [1.29, 1.82) is 0 Å². The Bertz CT molecular complexity index is 1170. The number of amides is 1. The van der Waals surface area contributed by atoms with E-state index >= 15 is 0 Å². The van der Waals surface area contributed by atoms with Crippen LogP contribution in [0.1, 0.15) is 35.1 Å². The molecule has 0 saturated carbocycles. The third-order valence-corrected chi connectivity index (χ3v) is 6.30. The first-order chi connectivity index (χ1) is 15.9. The lowest BCUT2D eigenvalue weighted by atomic mass is 9.78. The molecule has 3 aromatic rings. The van der Waals surface area contributed by atoms with E-state index in [0.717, 1.165) is 5.56 Å². The average Bonchev–Trinajstić information content (AvgIpc) is 2.81. The summed E-state index contributed by atoms with van der Waals surface area (Å²) >= 11 is 6.39. The zero-order valence-corrected chi connectivity index (χ0v) is 18.6. The number of carbonyl (C=O) groups is 1. The number of aromatic hydroxyl groups is 1. The number of nitrogens with zero attached hydrogens (tertiary/aromatic N) is 3. The van der Waals surface area contributed by atoms with Gasteiger partial charge in [-0.05, 0) is 41.0 Å². The molecule has 1 amide bonds. The Morgan fingerprint density at radius 2 is 2.03 bits per heavy atom. The van der Waals surface area contributed by atoms with Crippen LogP contribution in [0, 0.1) is 10.1 Å². The fourth-order valence-electron chi connectivity index (χ4n) is 4.45. The van der Waals surface area contributed by atoms with Crippen LogP contribution in [0.5, 0.6) is 11.5 Å². The summed E-state index contributed by atoms with van der Waals surface area (Å²) in [7, 11) is 1.40. The van der Waals surface area contributed by atoms with Gasteiger partial charge in [0.1, 0.15) is 6.04 Å². The largest absolute Gasteiger partial charge is 0.504 e. The van der Waals surface area contributed by atoms with Crippen molar-refractivity contribution in [3.05, 3.63) is 98.8 Å². The van der Waals surface area contributed by atoms with E-state index in [1.807, 2.05) is 6.07 Å². The van der Waals surface area contributed by atoms with Crippen molar-refractivity contribution in [2.24, 2.45) is 0 Å². The molecule has 4 rings (SSSR count). The number of rotatable bonds is 6. The lowest BCUT2D eigenvalue weighted by molar-refractivity contribution is -0.537. The molecule has 1 aliphatic rings. The molecule has 0 bridgehead atoms. The second-order valence-corrected chi connectivity index (χ2v) is 8.27. The van der Waals surface area contributed by atoms with Gasteiger partial charge in [0.2, 0.25) is 11.9 Å². The molecule has 0 aliphatic carbocycles. The van der Waals surface area contributed by atoms with E-state index in [1.54, 1.807) is 48.8 Å². The third-order valence-electron chi connectivity index (χ3n) is 5.96. The number of methoxy groups -OCH3 is 1. The summed E-state index contributed by atoms with van der Waals surface area (Å²) < 4.78 is 5.23.